The summed E-state index contributed by atoms with van der Waals surface area (Å²) in [5, 5.41) is 9.85. The van der Waals surface area contributed by atoms with Crippen molar-refractivity contribution < 1.29 is 38.1 Å². The first-order chi connectivity index (χ1) is 23.3. The Balaban J connectivity index is 1.48. The zero-order chi connectivity index (χ0) is 35.3. The summed E-state index contributed by atoms with van der Waals surface area (Å²) in [7, 11) is 0. The number of carbonyl (C=O) groups is 4. The molecule has 254 valence electrons. The van der Waals surface area contributed by atoms with E-state index in [2.05, 4.69) is 20.5 Å². The van der Waals surface area contributed by atoms with Crippen LogP contribution in [0.4, 0.5) is 5.95 Å². The smallest absolute Gasteiger partial charge is 0.338 e. The molecule has 1 saturated heterocycles. The lowest BCUT2D eigenvalue weighted by Crippen LogP contribution is -2.56. The Hall–Kier alpha value is -5.89. The van der Waals surface area contributed by atoms with Crippen LogP contribution in [-0.2, 0) is 30.3 Å². The highest BCUT2D eigenvalue weighted by Crippen LogP contribution is 2.38. The summed E-state index contributed by atoms with van der Waals surface area (Å²) in [5.74, 6) is -3.39. The van der Waals surface area contributed by atoms with Crippen molar-refractivity contribution in [1.82, 2.24) is 20.5 Å². The zero-order valence-electron chi connectivity index (χ0n) is 27.2. The first kappa shape index (κ1) is 34.4. The van der Waals surface area contributed by atoms with Gasteiger partial charge in [0.1, 0.15) is 18.4 Å². The largest absolute Gasteiger partial charge is 0.459 e. The van der Waals surface area contributed by atoms with Crippen LogP contribution in [-0.4, -0.2) is 69.5 Å². The Morgan fingerprint density at radius 2 is 1.33 bits per heavy atom. The molecule has 4 N–H and O–H groups in total. The number of nitrogens with one attached hydrogen (secondary N) is 2. The molecular formula is C35H35N5O9. The van der Waals surface area contributed by atoms with Gasteiger partial charge < -0.3 is 30.0 Å². The van der Waals surface area contributed by atoms with Crippen LogP contribution in [0.2, 0.25) is 0 Å². The second-order valence-corrected chi connectivity index (χ2v) is 11.9. The number of amides is 1. The molecule has 0 saturated carbocycles. The van der Waals surface area contributed by atoms with Gasteiger partial charge in [0.25, 0.3) is 11.5 Å². The maximum absolute atomic E-state index is 13.8. The van der Waals surface area contributed by atoms with Crippen molar-refractivity contribution in [2.24, 2.45) is 0 Å². The van der Waals surface area contributed by atoms with E-state index in [1.807, 2.05) is 20.8 Å². The van der Waals surface area contributed by atoms with Crippen LogP contribution in [0.25, 0.3) is 0 Å². The molecule has 0 bridgehead atoms. The van der Waals surface area contributed by atoms with Crippen LogP contribution >= 0.6 is 0 Å². The minimum Gasteiger partial charge on any atom is -0.459 e. The van der Waals surface area contributed by atoms with Gasteiger partial charge in [0, 0.05) is 0 Å². The molecule has 5 rings (SSSR count). The van der Waals surface area contributed by atoms with E-state index in [-0.39, 0.29) is 28.3 Å². The van der Waals surface area contributed by atoms with Gasteiger partial charge in [0.2, 0.25) is 5.95 Å². The van der Waals surface area contributed by atoms with Crippen LogP contribution in [0.15, 0.2) is 77.6 Å². The summed E-state index contributed by atoms with van der Waals surface area (Å²) in [5.41, 5.74) is 5.98. The summed E-state index contributed by atoms with van der Waals surface area (Å²) in [6.45, 7) is 6.07. The standard InChI is InChI=1S/C35H35N5O9/c1-19-5-11-22(12-6-19)31(43)46-18-26-27(48-32(44)23-13-7-20(2)8-14-23)35(4,49-33(45)24-15-9-21(3)10-16-24)28(47-26)30(42)37-17-25-29(41)38-34(36)40-39-25/h5-16,26-28H,17-18H2,1-4H3,(H,37,42)(H3,36,38,40,41)/t26-,27-,28+,35-/m1/s1. The highest BCUT2D eigenvalue weighted by molar-refractivity contribution is 5.92. The number of nitrogens with zero attached hydrogens (tertiary/aromatic N) is 2. The number of H-pyrrole nitrogens is 1. The number of hydrogen-bond acceptors (Lipinski definition) is 12. The average molecular weight is 670 g/mol. The second-order valence-electron chi connectivity index (χ2n) is 11.9. The lowest BCUT2D eigenvalue weighted by Gasteiger charge is -2.34. The number of nitrogen functional groups attached to an aromatic ring is 1. The Kier molecular flexibility index (Phi) is 10.2. The topological polar surface area (TPSA) is 202 Å². The van der Waals surface area contributed by atoms with Gasteiger partial charge in [-0.15, -0.1) is 10.2 Å². The molecule has 14 heteroatoms. The van der Waals surface area contributed by atoms with Crippen LogP contribution in [0.3, 0.4) is 0 Å². The number of ether oxygens (including phenoxy) is 4. The first-order valence-corrected chi connectivity index (χ1v) is 15.3. The Morgan fingerprint density at radius 3 is 1.86 bits per heavy atom. The van der Waals surface area contributed by atoms with Crippen molar-refractivity contribution in [2.75, 3.05) is 12.3 Å². The molecule has 14 nitrogen and oxygen atoms in total. The van der Waals surface area contributed by atoms with Gasteiger partial charge in [-0.2, -0.15) is 0 Å². The molecule has 4 aromatic rings. The second kappa shape index (κ2) is 14.5. The number of rotatable bonds is 10. The number of hydrogen-bond donors (Lipinski definition) is 3. The van der Waals surface area contributed by atoms with Crippen molar-refractivity contribution in [1.29, 1.82) is 0 Å². The van der Waals surface area contributed by atoms with E-state index in [1.165, 1.54) is 6.92 Å². The fraction of sp³-hybridized carbons (Fsp3) is 0.286. The van der Waals surface area contributed by atoms with Gasteiger partial charge in [0.15, 0.2) is 17.8 Å². The number of benzene rings is 3. The Morgan fingerprint density at radius 1 is 0.816 bits per heavy atom. The molecular weight excluding hydrogens is 634 g/mol. The summed E-state index contributed by atoms with van der Waals surface area (Å²) in [6.07, 6.45) is -4.37. The normalized spacial score (nSPS) is 19.9. The highest BCUT2D eigenvalue weighted by atomic mass is 16.7. The first-order valence-electron chi connectivity index (χ1n) is 15.3. The van der Waals surface area contributed by atoms with E-state index in [9.17, 15) is 24.0 Å². The number of aryl methyl sites for hydroxylation is 3. The molecule has 1 fully saturated rings. The molecule has 1 aliphatic heterocycles. The van der Waals surface area contributed by atoms with Crippen LogP contribution in [0.5, 0.6) is 0 Å². The summed E-state index contributed by atoms with van der Waals surface area (Å²) in [6, 6.07) is 19.7. The van der Waals surface area contributed by atoms with Crippen molar-refractivity contribution in [3.05, 3.63) is 122 Å². The van der Waals surface area contributed by atoms with Crippen molar-refractivity contribution in [3.8, 4) is 0 Å². The summed E-state index contributed by atoms with van der Waals surface area (Å²) < 4.78 is 23.6. The summed E-state index contributed by atoms with van der Waals surface area (Å²) in [4.78, 5) is 68.4. The lowest BCUT2D eigenvalue weighted by atomic mass is 9.91. The van der Waals surface area contributed by atoms with Crippen LogP contribution < -0.4 is 16.6 Å². The van der Waals surface area contributed by atoms with Gasteiger partial charge >= 0.3 is 17.9 Å². The maximum atomic E-state index is 13.8. The van der Waals surface area contributed by atoms with Crippen molar-refractivity contribution in [2.45, 2.75) is 58.2 Å². The van der Waals surface area contributed by atoms with Crippen molar-refractivity contribution >= 4 is 29.8 Å². The third-order valence-electron chi connectivity index (χ3n) is 7.97. The van der Waals surface area contributed by atoms with E-state index >= 15 is 0 Å². The SMILES string of the molecule is Cc1ccc(C(=O)OC[C@H]2O[C@@H](C(=O)NCc3nnc(N)[nH]c3=O)[C@](C)(OC(=O)c3ccc(C)cc3)[C@@H]2OC(=O)c2ccc(C)cc2)cc1. The summed E-state index contributed by atoms with van der Waals surface area (Å²) >= 11 is 0. The van der Waals surface area contributed by atoms with Crippen LogP contribution in [0.1, 0.15) is 60.4 Å². The Bertz CT molecular complexity index is 1910. The Labute approximate surface area is 280 Å². The molecule has 0 aliphatic carbocycles. The quantitative estimate of drug-likeness (QED) is 0.165. The molecule has 1 aromatic heterocycles. The number of aromatic nitrogens is 3. The number of esters is 3. The molecule has 1 aliphatic rings. The van der Waals surface area contributed by atoms with Gasteiger partial charge in [-0.05, 0) is 64.1 Å². The number of nitrogens with two attached hydrogens (primary N) is 1. The predicted molar refractivity (Wildman–Crippen MR) is 174 cm³/mol. The minimum absolute atomic E-state index is 0.160. The minimum atomic E-state index is -1.98. The average Bonchev–Trinajstić information content (AvgIpc) is 3.34. The van der Waals surface area contributed by atoms with Crippen LogP contribution in [0, 0.1) is 20.8 Å². The van der Waals surface area contributed by atoms with Gasteiger partial charge in [-0.3, -0.25) is 14.6 Å². The number of anilines is 1. The van der Waals surface area contributed by atoms with E-state index in [0.29, 0.717) is 0 Å². The van der Waals surface area contributed by atoms with E-state index < -0.39 is 66.4 Å². The maximum Gasteiger partial charge on any atom is 0.338 e. The molecule has 0 spiro atoms. The molecule has 0 unspecified atom stereocenters. The molecule has 4 atom stereocenters. The highest BCUT2D eigenvalue weighted by Gasteiger charge is 2.62. The fourth-order valence-electron chi connectivity index (χ4n) is 5.16. The molecule has 2 heterocycles. The van der Waals surface area contributed by atoms with E-state index in [0.717, 1.165) is 16.7 Å². The van der Waals surface area contributed by atoms with E-state index in [1.54, 1.807) is 72.8 Å². The van der Waals surface area contributed by atoms with Gasteiger partial charge in [-0.25, -0.2) is 14.4 Å². The van der Waals surface area contributed by atoms with E-state index in [4.69, 9.17) is 24.7 Å². The molecule has 49 heavy (non-hydrogen) atoms. The molecule has 0 radical (unpaired) electrons. The van der Waals surface area contributed by atoms with Gasteiger partial charge in [0.05, 0.1) is 23.2 Å². The monoisotopic (exact) mass is 669 g/mol. The van der Waals surface area contributed by atoms with Gasteiger partial charge in [-0.1, -0.05) is 53.1 Å². The zero-order valence-corrected chi connectivity index (χ0v) is 27.2. The number of aromatic amines is 1. The molecule has 3 aromatic carbocycles. The third kappa shape index (κ3) is 7.99. The van der Waals surface area contributed by atoms with Crippen molar-refractivity contribution in [3.63, 3.8) is 0 Å². The third-order valence-corrected chi connectivity index (χ3v) is 7.97. The predicted octanol–water partition coefficient (Wildman–Crippen LogP) is 2.75. The number of carbonyl (C=O) groups excluding carboxylic acids is 4. The fourth-order valence-corrected chi connectivity index (χ4v) is 5.16. The lowest BCUT2D eigenvalue weighted by molar-refractivity contribution is -0.143. The molecule has 1 amide bonds.